The van der Waals surface area contributed by atoms with Crippen molar-refractivity contribution in [2.45, 2.75) is 90.2 Å². The van der Waals surface area contributed by atoms with Gasteiger partial charge in [0.15, 0.2) is 23.0 Å². The maximum absolute atomic E-state index is 13.2. The number of alkyl carbamates (subject to hydrolysis) is 1. The van der Waals surface area contributed by atoms with Crippen molar-refractivity contribution in [3.05, 3.63) is 59.7 Å². The van der Waals surface area contributed by atoms with Crippen molar-refractivity contribution in [1.82, 2.24) is 15.5 Å². The molecular weight excluding hydrogens is 690 g/mol. The van der Waals surface area contributed by atoms with Gasteiger partial charge in [0.05, 0.1) is 33.9 Å². The number of nitrogens with zero attached hydrogens (tertiary/aromatic N) is 1. The Bertz CT molecular complexity index is 1640. The van der Waals surface area contributed by atoms with Crippen molar-refractivity contribution in [2.24, 2.45) is 17.3 Å². The normalized spacial score (nSPS) is 23.9. The highest BCUT2D eigenvalue weighted by Gasteiger charge is 2.43. The second kappa shape index (κ2) is 18.3. The van der Waals surface area contributed by atoms with Crippen LogP contribution in [0.25, 0.3) is 0 Å². The van der Waals surface area contributed by atoms with Crippen LogP contribution in [0.5, 0.6) is 23.0 Å². The molecule has 12 heteroatoms. The number of carbonyl (C=O) groups excluding carboxylic acids is 3. The summed E-state index contributed by atoms with van der Waals surface area (Å²) in [5.74, 6) is 1.36. The van der Waals surface area contributed by atoms with Crippen LogP contribution in [-0.2, 0) is 27.1 Å². The highest BCUT2D eigenvalue weighted by Crippen LogP contribution is 2.45. The number of amides is 2. The summed E-state index contributed by atoms with van der Waals surface area (Å²) in [6.45, 7) is 13.6. The highest BCUT2D eigenvalue weighted by molar-refractivity contribution is 5.75. The average Bonchev–Trinajstić information content (AvgIpc) is 3.45. The van der Waals surface area contributed by atoms with E-state index in [-0.39, 0.29) is 46.7 Å². The Balaban J connectivity index is 1.08. The van der Waals surface area contributed by atoms with Crippen LogP contribution in [0.15, 0.2) is 48.6 Å². The van der Waals surface area contributed by atoms with E-state index in [1.54, 1.807) is 26.4 Å². The summed E-state index contributed by atoms with van der Waals surface area (Å²) < 4.78 is 33.4. The van der Waals surface area contributed by atoms with Gasteiger partial charge in [-0.05, 0) is 98.7 Å². The van der Waals surface area contributed by atoms with Gasteiger partial charge in [0.25, 0.3) is 0 Å². The fourth-order valence-corrected chi connectivity index (χ4v) is 8.77. The molecule has 54 heavy (non-hydrogen) atoms. The van der Waals surface area contributed by atoms with Crippen LogP contribution in [-0.4, -0.2) is 88.8 Å². The first kappa shape index (κ1) is 40.7. The molecular formula is C42H59N3O9. The van der Waals surface area contributed by atoms with Gasteiger partial charge in [0, 0.05) is 31.1 Å². The summed E-state index contributed by atoms with van der Waals surface area (Å²) in [7, 11) is 4.71. The summed E-state index contributed by atoms with van der Waals surface area (Å²) in [5.41, 5.74) is 2.82. The number of benzene rings is 2. The molecule has 2 aliphatic heterocycles. The summed E-state index contributed by atoms with van der Waals surface area (Å²) in [6, 6.07) is 11.1. The molecule has 5 rings (SSSR count). The van der Waals surface area contributed by atoms with Gasteiger partial charge in [-0.2, -0.15) is 0 Å². The number of esters is 1. The Labute approximate surface area is 320 Å². The van der Waals surface area contributed by atoms with E-state index in [1.165, 1.54) is 12.7 Å². The zero-order valence-electron chi connectivity index (χ0n) is 32.9. The third-order valence-electron chi connectivity index (χ3n) is 10.8. The van der Waals surface area contributed by atoms with Gasteiger partial charge in [0.1, 0.15) is 6.10 Å². The van der Waals surface area contributed by atoms with Gasteiger partial charge in [-0.25, -0.2) is 9.59 Å². The van der Waals surface area contributed by atoms with Crippen LogP contribution in [0.4, 0.5) is 9.59 Å². The van der Waals surface area contributed by atoms with Crippen LogP contribution >= 0.6 is 0 Å². The van der Waals surface area contributed by atoms with Crippen molar-refractivity contribution in [2.75, 3.05) is 54.1 Å². The van der Waals surface area contributed by atoms with E-state index in [0.29, 0.717) is 56.3 Å². The minimum Gasteiger partial charge on any atom is -0.493 e. The van der Waals surface area contributed by atoms with Crippen molar-refractivity contribution < 1.29 is 42.8 Å². The number of nitrogens with one attached hydrogen (secondary N) is 2. The number of likely N-dealkylation sites (tertiary alicyclic amines) is 1. The zero-order chi connectivity index (χ0) is 38.9. The lowest BCUT2D eigenvalue weighted by Gasteiger charge is -2.46. The van der Waals surface area contributed by atoms with E-state index < -0.39 is 6.09 Å². The molecule has 3 fully saturated rings. The summed E-state index contributed by atoms with van der Waals surface area (Å²) in [4.78, 5) is 40.9. The lowest BCUT2D eigenvalue weighted by atomic mass is 9.65. The lowest BCUT2D eigenvalue weighted by molar-refractivity contribution is -0.141. The number of ether oxygens (including phenoxy) is 6. The molecule has 296 valence electrons. The molecule has 3 aliphatic rings. The van der Waals surface area contributed by atoms with Crippen molar-refractivity contribution in [3.63, 3.8) is 0 Å². The minimum absolute atomic E-state index is 0.0184. The Hall–Kier alpha value is -4.45. The molecule has 2 aromatic rings. The van der Waals surface area contributed by atoms with E-state index in [1.807, 2.05) is 24.3 Å². The SMILES string of the molecule is C=C1CC(C)(C)CC(CCC)(NC(=O)O[C@H]2CCCN(CCNC(=O)Oc3ccc(C[C@H]4C(=O)OC[C@@H]4Cc4ccc(OC)c(OC)c4)cc3OC)C2)C1. The number of piperidine rings is 1. The molecule has 1 aliphatic carbocycles. The second-order valence-electron chi connectivity index (χ2n) is 16.0. The van der Waals surface area contributed by atoms with E-state index in [0.717, 1.165) is 62.6 Å². The predicted molar refractivity (Wildman–Crippen MR) is 205 cm³/mol. The molecule has 0 spiro atoms. The Kier molecular flexibility index (Phi) is 13.8. The number of cyclic esters (lactones) is 1. The maximum Gasteiger partial charge on any atom is 0.412 e. The van der Waals surface area contributed by atoms with E-state index >= 15 is 0 Å². The summed E-state index contributed by atoms with van der Waals surface area (Å²) in [6.07, 6.45) is 6.12. The molecule has 1 unspecified atom stereocenters. The number of hydrogen-bond donors (Lipinski definition) is 2. The number of carbonyl (C=O) groups is 3. The third-order valence-corrected chi connectivity index (χ3v) is 10.8. The maximum atomic E-state index is 13.2. The van der Waals surface area contributed by atoms with Crippen LogP contribution in [0.3, 0.4) is 0 Å². The molecule has 2 amide bonds. The summed E-state index contributed by atoms with van der Waals surface area (Å²) in [5, 5.41) is 6.09. The van der Waals surface area contributed by atoms with Gasteiger partial charge in [-0.3, -0.25) is 9.69 Å². The summed E-state index contributed by atoms with van der Waals surface area (Å²) >= 11 is 0. The molecule has 0 radical (unpaired) electrons. The Morgan fingerprint density at radius 1 is 0.944 bits per heavy atom. The molecule has 12 nitrogen and oxygen atoms in total. The van der Waals surface area contributed by atoms with E-state index in [4.69, 9.17) is 28.4 Å². The van der Waals surface area contributed by atoms with E-state index in [9.17, 15) is 14.4 Å². The predicted octanol–water partition coefficient (Wildman–Crippen LogP) is 6.87. The fraction of sp³-hybridized carbons (Fsp3) is 0.595. The third kappa shape index (κ3) is 10.8. The van der Waals surface area contributed by atoms with Gasteiger partial charge >= 0.3 is 18.2 Å². The number of rotatable bonds is 15. The monoisotopic (exact) mass is 749 g/mol. The molecule has 4 atom stereocenters. The average molecular weight is 750 g/mol. The largest absolute Gasteiger partial charge is 0.493 e. The standard InChI is InChI=1S/C42H59N3O9/c1-8-15-42(24-28(2)23-41(3,4)27-42)44-40(48)53-32-10-9-17-45(25-32)18-16-43-39(47)54-35-14-12-30(22-37(35)51-7)20-33-31(26-52-38(33)46)19-29-11-13-34(49-5)36(21-29)50-6/h11-14,21-22,31-33H,2,8-10,15-20,23-27H2,1,3-7H3,(H,43,47)(H,44,48)/t31-,32-,33+,42?/m0/s1. The van der Waals surface area contributed by atoms with Crippen LogP contribution in [0.2, 0.25) is 0 Å². The lowest BCUT2D eigenvalue weighted by Crippen LogP contribution is -2.54. The topological polar surface area (TPSA) is 134 Å². The van der Waals surface area contributed by atoms with Gasteiger partial charge in [-0.1, -0.05) is 51.5 Å². The van der Waals surface area contributed by atoms with E-state index in [2.05, 4.69) is 42.9 Å². The number of hydrogen-bond acceptors (Lipinski definition) is 10. The molecule has 2 aromatic carbocycles. The van der Waals surface area contributed by atoms with Crippen LogP contribution in [0.1, 0.15) is 76.8 Å². The fourth-order valence-electron chi connectivity index (χ4n) is 8.77. The molecule has 2 heterocycles. The quantitative estimate of drug-likeness (QED) is 0.147. The minimum atomic E-state index is -0.599. The van der Waals surface area contributed by atoms with Gasteiger partial charge in [0.2, 0.25) is 0 Å². The van der Waals surface area contributed by atoms with Crippen molar-refractivity contribution in [3.8, 4) is 23.0 Å². The van der Waals surface area contributed by atoms with Gasteiger partial charge < -0.3 is 39.1 Å². The molecule has 0 bridgehead atoms. The molecule has 1 saturated carbocycles. The van der Waals surface area contributed by atoms with Crippen LogP contribution in [0, 0.1) is 17.3 Å². The molecule has 2 saturated heterocycles. The van der Waals surface area contributed by atoms with Crippen LogP contribution < -0.4 is 29.6 Å². The molecule has 2 N–H and O–H groups in total. The van der Waals surface area contributed by atoms with Gasteiger partial charge in [-0.15, -0.1) is 0 Å². The molecule has 0 aromatic heterocycles. The number of methoxy groups -OCH3 is 3. The van der Waals surface area contributed by atoms with Crippen molar-refractivity contribution in [1.29, 1.82) is 0 Å². The highest BCUT2D eigenvalue weighted by atomic mass is 16.6. The zero-order valence-corrected chi connectivity index (χ0v) is 32.9. The first-order chi connectivity index (χ1) is 25.8. The smallest absolute Gasteiger partial charge is 0.412 e. The first-order valence-corrected chi connectivity index (χ1v) is 19.2. The van der Waals surface area contributed by atoms with Crippen molar-refractivity contribution >= 4 is 18.2 Å². The Morgan fingerprint density at radius 2 is 1.63 bits per heavy atom. The Morgan fingerprint density at radius 3 is 2.31 bits per heavy atom. The first-order valence-electron chi connectivity index (χ1n) is 19.2. The second-order valence-corrected chi connectivity index (χ2v) is 16.0.